The minimum atomic E-state index is -0.242. The van der Waals surface area contributed by atoms with Gasteiger partial charge in [0.05, 0.1) is 19.8 Å². The predicted octanol–water partition coefficient (Wildman–Crippen LogP) is 3.75. The summed E-state index contributed by atoms with van der Waals surface area (Å²) in [6.07, 6.45) is 3.05. The lowest BCUT2D eigenvalue weighted by Crippen LogP contribution is -2.13. The number of hydrogen-bond donors (Lipinski definition) is 1. The Morgan fingerprint density at radius 3 is 2.61 bits per heavy atom. The molecule has 2 aromatic rings. The molecule has 23 heavy (non-hydrogen) atoms. The van der Waals surface area contributed by atoms with E-state index in [4.69, 9.17) is 9.47 Å². The number of nitrogens with one attached hydrogen (secondary N) is 1. The number of methoxy groups -OCH3 is 2. The lowest BCUT2D eigenvalue weighted by molar-refractivity contribution is 0.102. The molecule has 1 aromatic carbocycles. The third-order valence-electron chi connectivity index (χ3n) is 3.15. The second-order valence-corrected chi connectivity index (χ2v) is 6.97. The first kappa shape index (κ1) is 17.9. The number of ether oxygens (including phenoxy) is 2. The van der Waals surface area contributed by atoms with Crippen LogP contribution in [0, 0.1) is 3.57 Å². The zero-order valence-electron chi connectivity index (χ0n) is 13.2. The van der Waals surface area contributed by atoms with Crippen molar-refractivity contribution in [3.8, 4) is 11.5 Å². The number of aryl methyl sites for hydroxylation is 1. The maximum absolute atomic E-state index is 12.5. The number of amides is 1. The summed E-state index contributed by atoms with van der Waals surface area (Å²) < 4.78 is 11.2. The molecule has 0 aliphatic carbocycles. The van der Waals surface area contributed by atoms with Gasteiger partial charge in [-0.3, -0.25) is 10.1 Å². The normalized spacial score (nSPS) is 10.4. The first-order valence-electron chi connectivity index (χ1n) is 7.14. The van der Waals surface area contributed by atoms with Crippen LogP contribution in [-0.2, 0) is 6.42 Å². The summed E-state index contributed by atoms with van der Waals surface area (Å²) in [7, 11) is 3.10. The SMILES string of the molecule is CCCCc1nnc(NC(=O)c2cc(OC)c(OC)cc2I)s1. The lowest BCUT2D eigenvalue weighted by atomic mass is 10.2. The topological polar surface area (TPSA) is 73.3 Å². The molecule has 0 aliphatic heterocycles. The molecule has 8 heteroatoms. The van der Waals surface area contributed by atoms with Crippen molar-refractivity contribution in [2.45, 2.75) is 26.2 Å². The first-order valence-corrected chi connectivity index (χ1v) is 9.03. The zero-order chi connectivity index (χ0) is 16.8. The van der Waals surface area contributed by atoms with Crippen LogP contribution in [0.3, 0.4) is 0 Å². The number of rotatable bonds is 7. The molecule has 0 aliphatic rings. The van der Waals surface area contributed by atoms with Gasteiger partial charge in [0.15, 0.2) is 11.5 Å². The molecule has 0 fully saturated rings. The van der Waals surface area contributed by atoms with E-state index < -0.39 is 0 Å². The van der Waals surface area contributed by atoms with Crippen molar-refractivity contribution in [1.29, 1.82) is 0 Å². The van der Waals surface area contributed by atoms with Gasteiger partial charge in [-0.2, -0.15) is 0 Å². The van der Waals surface area contributed by atoms with E-state index in [1.165, 1.54) is 18.4 Å². The van der Waals surface area contributed by atoms with Crippen LogP contribution in [0.25, 0.3) is 0 Å². The fourth-order valence-corrected chi connectivity index (χ4v) is 3.39. The van der Waals surface area contributed by atoms with E-state index in [0.29, 0.717) is 22.2 Å². The molecular weight excluding hydrogens is 429 g/mol. The number of unbranched alkanes of at least 4 members (excludes halogenated alkanes) is 1. The maximum Gasteiger partial charge on any atom is 0.258 e. The standard InChI is InChI=1S/C15H18IN3O3S/c1-4-5-6-13-18-19-15(23-13)17-14(20)9-7-11(21-2)12(22-3)8-10(9)16/h7-8H,4-6H2,1-3H3,(H,17,19,20). The van der Waals surface area contributed by atoms with Gasteiger partial charge in [-0.05, 0) is 41.1 Å². The van der Waals surface area contributed by atoms with E-state index in [9.17, 15) is 4.79 Å². The van der Waals surface area contributed by atoms with E-state index in [1.807, 2.05) is 0 Å². The summed E-state index contributed by atoms with van der Waals surface area (Å²) in [4.78, 5) is 12.5. The van der Waals surface area contributed by atoms with Gasteiger partial charge in [-0.1, -0.05) is 24.7 Å². The summed E-state index contributed by atoms with van der Waals surface area (Å²) in [6.45, 7) is 2.13. The first-order chi connectivity index (χ1) is 11.1. The monoisotopic (exact) mass is 447 g/mol. The van der Waals surface area contributed by atoms with Gasteiger partial charge in [-0.25, -0.2) is 0 Å². The number of nitrogens with zero attached hydrogens (tertiary/aromatic N) is 2. The molecular formula is C15H18IN3O3S. The van der Waals surface area contributed by atoms with Crippen LogP contribution in [0.1, 0.15) is 35.1 Å². The van der Waals surface area contributed by atoms with Crippen molar-refractivity contribution < 1.29 is 14.3 Å². The Bertz CT molecular complexity index is 691. The molecule has 0 unspecified atom stereocenters. The van der Waals surface area contributed by atoms with E-state index in [2.05, 4.69) is 45.0 Å². The average Bonchev–Trinajstić information content (AvgIpc) is 2.99. The molecule has 0 radical (unpaired) electrons. The van der Waals surface area contributed by atoms with Gasteiger partial charge in [0.1, 0.15) is 5.01 Å². The molecule has 0 atom stereocenters. The Hall–Kier alpha value is -1.42. The highest BCUT2D eigenvalue weighted by Crippen LogP contribution is 2.31. The van der Waals surface area contributed by atoms with Crippen LogP contribution < -0.4 is 14.8 Å². The highest BCUT2D eigenvalue weighted by atomic mass is 127. The van der Waals surface area contributed by atoms with Crippen molar-refractivity contribution in [3.05, 3.63) is 26.3 Å². The Kier molecular flexibility index (Phi) is 6.58. The molecule has 1 aromatic heterocycles. The molecule has 1 amide bonds. The lowest BCUT2D eigenvalue weighted by Gasteiger charge is -2.11. The summed E-state index contributed by atoms with van der Waals surface area (Å²) in [6, 6.07) is 3.43. The number of aromatic nitrogens is 2. The van der Waals surface area contributed by atoms with Gasteiger partial charge in [-0.15, -0.1) is 10.2 Å². The van der Waals surface area contributed by atoms with Crippen molar-refractivity contribution in [3.63, 3.8) is 0 Å². The van der Waals surface area contributed by atoms with Crippen LogP contribution in [0.15, 0.2) is 12.1 Å². The van der Waals surface area contributed by atoms with Crippen LogP contribution in [0.2, 0.25) is 0 Å². The largest absolute Gasteiger partial charge is 0.493 e. The summed E-state index contributed by atoms with van der Waals surface area (Å²) in [5.41, 5.74) is 0.508. The predicted molar refractivity (Wildman–Crippen MR) is 98.7 cm³/mol. The smallest absolute Gasteiger partial charge is 0.258 e. The molecule has 0 saturated carbocycles. The van der Waals surface area contributed by atoms with Crippen molar-refractivity contribution >= 4 is 45.0 Å². The molecule has 0 spiro atoms. The van der Waals surface area contributed by atoms with Crippen LogP contribution in [0.4, 0.5) is 5.13 Å². The molecule has 1 N–H and O–H groups in total. The van der Waals surface area contributed by atoms with Gasteiger partial charge in [0.25, 0.3) is 5.91 Å². The number of anilines is 1. The minimum absolute atomic E-state index is 0.242. The Labute approximate surface area is 152 Å². The van der Waals surface area contributed by atoms with Crippen molar-refractivity contribution in [1.82, 2.24) is 10.2 Å². The molecule has 2 rings (SSSR count). The third kappa shape index (κ3) is 4.54. The van der Waals surface area contributed by atoms with E-state index in [-0.39, 0.29) is 5.91 Å². The van der Waals surface area contributed by atoms with E-state index in [0.717, 1.165) is 27.8 Å². The van der Waals surface area contributed by atoms with Gasteiger partial charge >= 0.3 is 0 Å². The number of benzene rings is 1. The second kappa shape index (κ2) is 8.44. The summed E-state index contributed by atoms with van der Waals surface area (Å²) in [5, 5.41) is 12.3. The number of carbonyl (C=O) groups excluding carboxylic acids is 1. The number of carbonyl (C=O) groups is 1. The maximum atomic E-state index is 12.5. The number of hydrogen-bond acceptors (Lipinski definition) is 6. The molecule has 1 heterocycles. The second-order valence-electron chi connectivity index (χ2n) is 4.75. The van der Waals surface area contributed by atoms with Crippen molar-refractivity contribution in [2.24, 2.45) is 0 Å². The highest BCUT2D eigenvalue weighted by Gasteiger charge is 2.17. The molecule has 6 nitrogen and oxygen atoms in total. The highest BCUT2D eigenvalue weighted by molar-refractivity contribution is 14.1. The van der Waals surface area contributed by atoms with Crippen LogP contribution >= 0.6 is 33.9 Å². The minimum Gasteiger partial charge on any atom is -0.493 e. The Balaban J connectivity index is 2.15. The van der Waals surface area contributed by atoms with Gasteiger partial charge in [0, 0.05) is 9.99 Å². The van der Waals surface area contributed by atoms with Gasteiger partial charge in [0.2, 0.25) is 5.13 Å². The quantitative estimate of drug-likeness (QED) is 0.655. The summed E-state index contributed by atoms with van der Waals surface area (Å²) >= 11 is 3.50. The molecule has 0 saturated heterocycles. The zero-order valence-corrected chi connectivity index (χ0v) is 16.2. The Morgan fingerprint density at radius 1 is 1.26 bits per heavy atom. The van der Waals surface area contributed by atoms with Gasteiger partial charge < -0.3 is 9.47 Å². The fourth-order valence-electron chi connectivity index (χ4n) is 1.93. The summed E-state index contributed by atoms with van der Waals surface area (Å²) in [5.74, 6) is 0.860. The molecule has 124 valence electrons. The molecule has 0 bridgehead atoms. The van der Waals surface area contributed by atoms with Crippen molar-refractivity contribution in [2.75, 3.05) is 19.5 Å². The van der Waals surface area contributed by atoms with E-state index >= 15 is 0 Å². The number of halogens is 1. The van der Waals surface area contributed by atoms with E-state index in [1.54, 1.807) is 19.2 Å². The Morgan fingerprint density at radius 2 is 1.96 bits per heavy atom. The average molecular weight is 447 g/mol. The third-order valence-corrected chi connectivity index (χ3v) is 4.94. The van der Waals surface area contributed by atoms with Crippen LogP contribution in [0.5, 0.6) is 11.5 Å². The van der Waals surface area contributed by atoms with Crippen LogP contribution in [-0.4, -0.2) is 30.3 Å². The fraction of sp³-hybridized carbons (Fsp3) is 0.400.